The standard InChI is InChI=1S/C19H25N3O4S/c1-13(2)22-27(24,25)17-7-5-6-16(10-17)19(23)21-12-15-8-9-18(20-11-15)26-14(3)4/h5-11,13-14,22H,12H2,1-4H3,(H,21,23). The number of hydrogen-bond donors (Lipinski definition) is 2. The summed E-state index contributed by atoms with van der Waals surface area (Å²) < 4.78 is 32.5. The lowest BCUT2D eigenvalue weighted by molar-refractivity contribution is 0.0950. The van der Waals surface area contributed by atoms with E-state index in [0.29, 0.717) is 5.88 Å². The fraction of sp³-hybridized carbons (Fsp3) is 0.368. The van der Waals surface area contributed by atoms with Gasteiger partial charge in [0.2, 0.25) is 15.9 Å². The first-order valence-corrected chi connectivity index (χ1v) is 10.2. The van der Waals surface area contributed by atoms with Gasteiger partial charge >= 0.3 is 0 Å². The minimum absolute atomic E-state index is 0.0387. The Kier molecular flexibility index (Phi) is 6.92. The van der Waals surface area contributed by atoms with Gasteiger partial charge in [-0.25, -0.2) is 18.1 Å². The molecule has 0 aliphatic heterocycles. The van der Waals surface area contributed by atoms with E-state index < -0.39 is 10.0 Å². The number of carbonyl (C=O) groups excluding carboxylic acids is 1. The third-order valence-electron chi connectivity index (χ3n) is 3.40. The van der Waals surface area contributed by atoms with E-state index in [1.807, 2.05) is 19.9 Å². The maximum absolute atomic E-state index is 12.4. The minimum Gasteiger partial charge on any atom is -0.475 e. The van der Waals surface area contributed by atoms with Crippen LogP contribution in [0.5, 0.6) is 5.88 Å². The zero-order valence-electron chi connectivity index (χ0n) is 15.9. The highest BCUT2D eigenvalue weighted by Gasteiger charge is 2.17. The molecule has 0 aliphatic carbocycles. The molecular weight excluding hydrogens is 366 g/mol. The monoisotopic (exact) mass is 391 g/mol. The molecule has 0 aliphatic rings. The Morgan fingerprint density at radius 2 is 1.89 bits per heavy atom. The van der Waals surface area contributed by atoms with Crippen molar-refractivity contribution in [2.75, 3.05) is 0 Å². The minimum atomic E-state index is -3.65. The third-order valence-corrected chi connectivity index (χ3v) is 5.06. The number of benzene rings is 1. The molecule has 1 aromatic carbocycles. The average molecular weight is 391 g/mol. The SMILES string of the molecule is CC(C)NS(=O)(=O)c1cccc(C(=O)NCc2ccc(OC(C)C)nc2)c1. The number of nitrogens with one attached hydrogen (secondary N) is 2. The molecule has 2 aromatic rings. The number of rotatable bonds is 8. The molecule has 0 spiro atoms. The van der Waals surface area contributed by atoms with Crippen molar-refractivity contribution in [3.8, 4) is 5.88 Å². The van der Waals surface area contributed by atoms with Crippen molar-refractivity contribution in [1.82, 2.24) is 15.0 Å². The number of ether oxygens (including phenoxy) is 1. The van der Waals surface area contributed by atoms with E-state index in [-0.39, 0.29) is 35.1 Å². The van der Waals surface area contributed by atoms with Crippen LogP contribution in [0.1, 0.15) is 43.6 Å². The fourth-order valence-corrected chi connectivity index (χ4v) is 3.59. The van der Waals surface area contributed by atoms with Crippen LogP contribution in [0.2, 0.25) is 0 Å². The molecule has 8 heteroatoms. The molecule has 0 atom stereocenters. The predicted molar refractivity (Wildman–Crippen MR) is 103 cm³/mol. The molecule has 1 aromatic heterocycles. The Morgan fingerprint density at radius 3 is 2.48 bits per heavy atom. The second-order valence-corrected chi connectivity index (χ2v) is 8.37. The number of pyridine rings is 1. The second-order valence-electron chi connectivity index (χ2n) is 6.66. The highest BCUT2D eigenvalue weighted by atomic mass is 32.2. The lowest BCUT2D eigenvalue weighted by Crippen LogP contribution is -2.30. The molecule has 0 bridgehead atoms. The van der Waals surface area contributed by atoms with Crippen molar-refractivity contribution >= 4 is 15.9 Å². The first-order chi connectivity index (χ1) is 12.7. The molecule has 0 radical (unpaired) electrons. The van der Waals surface area contributed by atoms with E-state index >= 15 is 0 Å². The Hall–Kier alpha value is -2.45. The zero-order chi connectivity index (χ0) is 20.0. The average Bonchev–Trinajstić information content (AvgIpc) is 2.59. The molecule has 0 saturated carbocycles. The van der Waals surface area contributed by atoms with E-state index in [0.717, 1.165) is 5.56 Å². The Balaban J connectivity index is 2.03. The van der Waals surface area contributed by atoms with Crippen molar-refractivity contribution in [2.45, 2.75) is 51.3 Å². The van der Waals surface area contributed by atoms with Gasteiger partial charge in [0.1, 0.15) is 0 Å². The van der Waals surface area contributed by atoms with Gasteiger partial charge in [-0.2, -0.15) is 0 Å². The highest BCUT2D eigenvalue weighted by Crippen LogP contribution is 2.13. The fourth-order valence-electron chi connectivity index (χ4n) is 2.29. The van der Waals surface area contributed by atoms with Crippen molar-refractivity contribution < 1.29 is 17.9 Å². The van der Waals surface area contributed by atoms with E-state index in [4.69, 9.17) is 4.74 Å². The van der Waals surface area contributed by atoms with Crippen LogP contribution in [0.4, 0.5) is 0 Å². The molecule has 1 amide bonds. The van der Waals surface area contributed by atoms with Crippen LogP contribution in [0.15, 0.2) is 47.5 Å². The topological polar surface area (TPSA) is 97.4 Å². The Labute approximate surface area is 160 Å². The highest BCUT2D eigenvalue weighted by molar-refractivity contribution is 7.89. The van der Waals surface area contributed by atoms with Gasteiger partial charge in [-0.1, -0.05) is 12.1 Å². The van der Waals surface area contributed by atoms with Gasteiger partial charge in [-0.05, 0) is 51.5 Å². The normalized spacial score (nSPS) is 11.6. The molecule has 2 N–H and O–H groups in total. The van der Waals surface area contributed by atoms with Gasteiger partial charge < -0.3 is 10.1 Å². The molecule has 0 unspecified atom stereocenters. The molecule has 1 heterocycles. The number of nitrogens with zero attached hydrogens (tertiary/aromatic N) is 1. The zero-order valence-corrected chi connectivity index (χ0v) is 16.7. The number of amides is 1. The van der Waals surface area contributed by atoms with Gasteiger partial charge in [0.05, 0.1) is 11.0 Å². The van der Waals surface area contributed by atoms with Crippen LogP contribution in [-0.4, -0.2) is 31.5 Å². The molecule has 146 valence electrons. The molecule has 0 fully saturated rings. The van der Waals surface area contributed by atoms with Gasteiger partial charge in [0, 0.05) is 30.4 Å². The summed E-state index contributed by atoms with van der Waals surface area (Å²) in [5, 5.41) is 2.76. The quantitative estimate of drug-likeness (QED) is 0.720. The Bertz CT molecular complexity index is 878. The number of sulfonamides is 1. The van der Waals surface area contributed by atoms with Crippen LogP contribution in [0, 0.1) is 0 Å². The number of carbonyl (C=O) groups is 1. The molecule has 0 saturated heterocycles. The number of aromatic nitrogens is 1. The summed E-state index contributed by atoms with van der Waals surface area (Å²) in [6.45, 7) is 7.58. The Morgan fingerprint density at radius 1 is 1.15 bits per heavy atom. The van der Waals surface area contributed by atoms with Crippen molar-refractivity contribution in [3.05, 3.63) is 53.7 Å². The lowest BCUT2D eigenvalue weighted by Gasteiger charge is -2.11. The summed E-state index contributed by atoms with van der Waals surface area (Å²) in [5.41, 5.74) is 1.08. The third kappa shape index (κ3) is 6.33. The first kappa shape index (κ1) is 20.9. The lowest BCUT2D eigenvalue weighted by atomic mass is 10.2. The van der Waals surface area contributed by atoms with Gasteiger partial charge in [-0.3, -0.25) is 4.79 Å². The van der Waals surface area contributed by atoms with Gasteiger partial charge in [0.25, 0.3) is 5.91 Å². The van der Waals surface area contributed by atoms with E-state index in [2.05, 4.69) is 15.0 Å². The smallest absolute Gasteiger partial charge is 0.251 e. The van der Waals surface area contributed by atoms with Crippen LogP contribution < -0.4 is 14.8 Å². The summed E-state index contributed by atoms with van der Waals surface area (Å²) in [6, 6.07) is 9.26. The maximum Gasteiger partial charge on any atom is 0.251 e. The summed E-state index contributed by atoms with van der Waals surface area (Å²) in [6.07, 6.45) is 1.67. The predicted octanol–water partition coefficient (Wildman–Crippen LogP) is 2.49. The van der Waals surface area contributed by atoms with Gasteiger partial charge in [-0.15, -0.1) is 0 Å². The van der Waals surface area contributed by atoms with Crippen molar-refractivity contribution in [1.29, 1.82) is 0 Å². The van der Waals surface area contributed by atoms with Crippen LogP contribution in [0.25, 0.3) is 0 Å². The van der Waals surface area contributed by atoms with E-state index in [1.54, 1.807) is 38.2 Å². The van der Waals surface area contributed by atoms with Crippen LogP contribution >= 0.6 is 0 Å². The van der Waals surface area contributed by atoms with Crippen molar-refractivity contribution in [2.24, 2.45) is 0 Å². The molecule has 7 nitrogen and oxygen atoms in total. The summed E-state index contributed by atoms with van der Waals surface area (Å²) in [4.78, 5) is 16.6. The van der Waals surface area contributed by atoms with Crippen LogP contribution in [-0.2, 0) is 16.6 Å². The number of hydrogen-bond acceptors (Lipinski definition) is 5. The van der Waals surface area contributed by atoms with E-state index in [1.165, 1.54) is 12.1 Å². The van der Waals surface area contributed by atoms with E-state index in [9.17, 15) is 13.2 Å². The summed E-state index contributed by atoms with van der Waals surface area (Å²) in [5.74, 6) is 0.162. The van der Waals surface area contributed by atoms with Gasteiger partial charge in [0.15, 0.2) is 0 Å². The molecular formula is C19H25N3O4S. The van der Waals surface area contributed by atoms with Crippen LogP contribution in [0.3, 0.4) is 0 Å². The first-order valence-electron chi connectivity index (χ1n) is 8.69. The summed E-state index contributed by atoms with van der Waals surface area (Å²) >= 11 is 0. The molecule has 2 rings (SSSR count). The summed E-state index contributed by atoms with van der Waals surface area (Å²) in [7, 11) is -3.65. The largest absolute Gasteiger partial charge is 0.475 e. The van der Waals surface area contributed by atoms with Crippen molar-refractivity contribution in [3.63, 3.8) is 0 Å². The maximum atomic E-state index is 12.4. The second kappa shape index (κ2) is 8.96. The molecule has 27 heavy (non-hydrogen) atoms.